The molecule has 0 amide bonds. The van der Waals surface area contributed by atoms with Crippen LogP contribution in [-0.2, 0) is 6.54 Å². The van der Waals surface area contributed by atoms with Crippen molar-refractivity contribution in [3.05, 3.63) is 23.4 Å². The highest BCUT2D eigenvalue weighted by Crippen LogP contribution is 2.23. The Labute approximate surface area is 134 Å². The topological polar surface area (TPSA) is 66.5 Å². The highest BCUT2D eigenvalue weighted by atomic mass is 15.2. The molecular formula is C17H29N5. The molecule has 5 heteroatoms. The van der Waals surface area contributed by atoms with Gasteiger partial charge in [0.15, 0.2) is 5.96 Å². The molecular weight excluding hydrogens is 274 g/mol. The molecule has 0 spiro atoms. The second-order valence-electron chi connectivity index (χ2n) is 6.44. The average Bonchev–Trinajstić information content (AvgIpc) is 2.99. The highest BCUT2D eigenvalue weighted by molar-refractivity contribution is 5.77. The number of aryl methyl sites for hydroxylation is 1. The Morgan fingerprint density at radius 2 is 2.09 bits per heavy atom. The minimum Gasteiger partial charge on any atom is -0.370 e. The fourth-order valence-electron chi connectivity index (χ4n) is 2.61. The monoisotopic (exact) mass is 303 g/mol. The summed E-state index contributed by atoms with van der Waals surface area (Å²) in [6.07, 6.45) is 3.59. The van der Waals surface area contributed by atoms with E-state index in [1.54, 1.807) is 0 Å². The summed E-state index contributed by atoms with van der Waals surface area (Å²) >= 11 is 0. The molecule has 3 N–H and O–H groups in total. The number of guanidine groups is 1. The first-order valence-electron chi connectivity index (χ1n) is 8.31. The van der Waals surface area contributed by atoms with Crippen molar-refractivity contribution in [2.75, 3.05) is 24.5 Å². The Morgan fingerprint density at radius 3 is 2.77 bits per heavy atom. The van der Waals surface area contributed by atoms with E-state index < -0.39 is 0 Å². The third kappa shape index (κ3) is 4.90. The largest absolute Gasteiger partial charge is 0.370 e. The Hall–Kier alpha value is -1.78. The summed E-state index contributed by atoms with van der Waals surface area (Å²) in [6.45, 7) is 10.1. The second kappa shape index (κ2) is 8.01. The summed E-state index contributed by atoms with van der Waals surface area (Å²) in [4.78, 5) is 11.5. The number of aliphatic imine (C=N–C) groups is 1. The quantitative estimate of drug-likeness (QED) is 0.626. The number of rotatable bonds is 6. The summed E-state index contributed by atoms with van der Waals surface area (Å²) in [5.74, 6) is 2.27. The number of anilines is 1. The first-order valence-corrected chi connectivity index (χ1v) is 8.31. The molecule has 0 radical (unpaired) electrons. The minimum absolute atomic E-state index is 0.522. The molecule has 1 fully saturated rings. The van der Waals surface area contributed by atoms with Gasteiger partial charge >= 0.3 is 0 Å². The van der Waals surface area contributed by atoms with Gasteiger partial charge in [-0.1, -0.05) is 19.9 Å². The van der Waals surface area contributed by atoms with Crippen LogP contribution < -0.4 is 16.0 Å². The smallest absolute Gasteiger partial charge is 0.188 e. The molecule has 1 aromatic heterocycles. The molecule has 0 saturated carbocycles. The van der Waals surface area contributed by atoms with Crippen molar-refractivity contribution in [1.82, 2.24) is 10.3 Å². The Morgan fingerprint density at radius 1 is 1.36 bits per heavy atom. The van der Waals surface area contributed by atoms with Crippen molar-refractivity contribution in [1.29, 1.82) is 0 Å². The molecule has 1 aliphatic heterocycles. The third-order valence-corrected chi connectivity index (χ3v) is 3.95. The van der Waals surface area contributed by atoms with Crippen LogP contribution in [0.25, 0.3) is 0 Å². The predicted octanol–water partition coefficient (Wildman–Crippen LogP) is 2.44. The maximum absolute atomic E-state index is 5.95. The molecule has 0 atom stereocenters. The van der Waals surface area contributed by atoms with E-state index in [1.807, 2.05) is 13.0 Å². The first kappa shape index (κ1) is 16.6. The lowest BCUT2D eigenvalue weighted by atomic mass is 10.1. The molecule has 5 nitrogen and oxygen atoms in total. The van der Waals surface area contributed by atoms with Gasteiger partial charge in [-0.05, 0) is 38.2 Å². The number of nitrogens with two attached hydrogens (primary N) is 1. The van der Waals surface area contributed by atoms with Crippen LogP contribution in [0.5, 0.6) is 0 Å². The molecule has 1 saturated heterocycles. The number of aromatic nitrogens is 1. The summed E-state index contributed by atoms with van der Waals surface area (Å²) in [5, 5.41) is 3.18. The maximum Gasteiger partial charge on any atom is 0.188 e. The maximum atomic E-state index is 5.95. The van der Waals surface area contributed by atoms with E-state index in [2.05, 4.69) is 35.1 Å². The standard InChI is InChI=1S/C17H29N5/c1-13(2)8-9-19-17(18)20-12-15-7-6-14(3)21-16(15)22-10-4-5-11-22/h6-7,13H,4-5,8-12H2,1-3H3,(H3,18,19,20). The SMILES string of the molecule is Cc1ccc(CN=C(N)NCCC(C)C)c(N2CCCC2)n1. The van der Waals surface area contributed by atoms with Gasteiger partial charge in [0.05, 0.1) is 6.54 Å². The zero-order valence-corrected chi connectivity index (χ0v) is 14.1. The van der Waals surface area contributed by atoms with Gasteiger partial charge in [-0.3, -0.25) is 0 Å². The van der Waals surface area contributed by atoms with E-state index in [0.717, 1.165) is 43.1 Å². The second-order valence-corrected chi connectivity index (χ2v) is 6.44. The van der Waals surface area contributed by atoms with Crippen molar-refractivity contribution in [3.63, 3.8) is 0 Å². The minimum atomic E-state index is 0.522. The molecule has 1 aliphatic rings. The predicted molar refractivity (Wildman–Crippen MR) is 93.2 cm³/mol. The van der Waals surface area contributed by atoms with Crippen LogP contribution in [0.2, 0.25) is 0 Å². The Balaban J connectivity index is 1.99. The van der Waals surface area contributed by atoms with Crippen molar-refractivity contribution >= 4 is 11.8 Å². The summed E-state index contributed by atoms with van der Waals surface area (Å²) < 4.78 is 0. The van der Waals surface area contributed by atoms with Gasteiger partial charge in [0.1, 0.15) is 5.82 Å². The normalized spacial score (nSPS) is 15.6. The number of nitrogens with zero attached hydrogens (tertiary/aromatic N) is 3. The van der Waals surface area contributed by atoms with Crippen LogP contribution in [0, 0.1) is 12.8 Å². The zero-order valence-electron chi connectivity index (χ0n) is 14.1. The molecule has 0 aliphatic carbocycles. The highest BCUT2D eigenvalue weighted by Gasteiger charge is 2.17. The van der Waals surface area contributed by atoms with Crippen LogP contribution in [0.15, 0.2) is 17.1 Å². The van der Waals surface area contributed by atoms with Gasteiger partial charge in [0.2, 0.25) is 0 Å². The Bertz CT molecular complexity index is 504. The molecule has 0 bridgehead atoms. The number of hydrogen-bond acceptors (Lipinski definition) is 3. The number of nitrogens with one attached hydrogen (secondary N) is 1. The average molecular weight is 303 g/mol. The summed E-state index contributed by atoms with van der Waals surface area (Å²) in [5.41, 5.74) is 8.15. The van der Waals surface area contributed by atoms with Gasteiger partial charge in [-0.15, -0.1) is 0 Å². The molecule has 2 rings (SSSR count). The summed E-state index contributed by atoms with van der Waals surface area (Å²) in [6, 6.07) is 4.17. The van der Waals surface area contributed by atoms with Crippen molar-refractivity contribution in [3.8, 4) is 0 Å². The molecule has 1 aromatic rings. The van der Waals surface area contributed by atoms with Crippen molar-refractivity contribution < 1.29 is 0 Å². The van der Waals surface area contributed by atoms with Gasteiger partial charge in [0.25, 0.3) is 0 Å². The van der Waals surface area contributed by atoms with E-state index in [1.165, 1.54) is 12.8 Å². The number of pyridine rings is 1. The van der Waals surface area contributed by atoms with Crippen LogP contribution in [0.1, 0.15) is 44.4 Å². The van der Waals surface area contributed by atoms with Crippen LogP contribution in [-0.4, -0.2) is 30.6 Å². The van der Waals surface area contributed by atoms with Crippen LogP contribution >= 0.6 is 0 Å². The van der Waals surface area contributed by atoms with Crippen LogP contribution in [0.3, 0.4) is 0 Å². The zero-order chi connectivity index (χ0) is 15.9. The van der Waals surface area contributed by atoms with Crippen LogP contribution in [0.4, 0.5) is 5.82 Å². The van der Waals surface area contributed by atoms with E-state index in [-0.39, 0.29) is 0 Å². The lowest BCUT2D eigenvalue weighted by Crippen LogP contribution is -2.33. The van der Waals surface area contributed by atoms with Crippen molar-refractivity contribution in [2.24, 2.45) is 16.6 Å². The van der Waals surface area contributed by atoms with Gasteiger partial charge in [-0.2, -0.15) is 0 Å². The molecule has 0 unspecified atom stereocenters. The van der Waals surface area contributed by atoms with Gasteiger partial charge < -0.3 is 16.0 Å². The van der Waals surface area contributed by atoms with E-state index in [0.29, 0.717) is 18.4 Å². The molecule has 0 aromatic carbocycles. The van der Waals surface area contributed by atoms with E-state index in [4.69, 9.17) is 10.7 Å². The summed E-state index contributed by atoms with van der Waals surface area (Å²) in [7, 11) is 0. The third-order valence-electron chi connectivity index (χ3n) is 3.95. The van der Waals surface area contributed by atoms with Gasteiger partial charge in [-0.25, -0.2) is 9.98 Å². The fourth-order valence-corrected chi connectivity index (χ4v) is 2.61. The fraction of sp³-hybridized carbons (Fsp3) is 0.647. The number of hydrogen-bond donors (Lipinski definition) is 2. The van der Waals surface area contributed by atoms with E-state index >= 15 is 0 Å². The lowest BCUT2D eigenvalue weighted by Gasteiger charge is -2.20. The van der Waals surface area contributed by atoms with E-state index in [9.17, 15) is 0 Å². The first-order chi connectivity index (χ1) is 10.6. The van der Waals surface area contributed by atoms with Crippen molar-refractivity contribution in [2.45, 2.75) is 46.6 Å². The van der Waals surface area contributed by atoms with Gasteiger partial charge in [0, 0.05) is 30.9 Å². The lowest BCUT2D eigenvalue weighted by molar-refractivity contribution is 0.576. The molecule has 2 heterocycles. The molecule has 22 heavy (non-hydrogen) atoms. The Kier molecular flexibility index (Phi) is 6.04. The molecule has 122 valence electrons.